The molecular weight excluding hydrogens is 394 g/mol. The molecule has 28 heavy (non-hydrogen) atoms. The average molecular weight is 422 g/mol. The Morgan fingerprint density at radius 2 is 2.07 bits per heavy atom. The summed E-state index contributed by atoms with van der Waals surface area (Å²) in [7, 11) is 1.89. The first kappa shape index (κ1) is 20.9. The van der Waals surface area contributed by atoms with Crippen molar-refractivity contribution in [1.82, 2.24) is 9.88 Å². The number of carbonyl (C=O) groups excluding carboxylic acids is 2. The van der Waals surface area contributed by atoms with Crippen molar-refractivity contribution >= 4 is 50.3 Å². The fourth-order valence-corrected chi connectivity index (χ4v) is 5.02. The van der Waals surface area contributed by atoms with Crippen LogP contribution in [0.4, 0.5) is 5.13 Å². The van der Waals surface area contributed by atoms with E-state index < -0.39 is 0 Å². The van der Waals surface area contributed by atoms with Crippen LogP contribution in [-0.2, 0) is 9.59 Å². The first-order valence-electron chi connectivity index (χ1n) is 9.73. The molecule has 2 aromatic rings. The molecule has 1 aromatic heterocycles. The minimum Gasteiger partial charge on any atom is -0.494 e. The fraction of sp³-hybridized carbons (Fsp3) is 0.550. The molecule has 0 spiro atoms. The summed E-state index contributed by atoms with van der Waals surface area (Å²) in [4.78, 5) is 30.8. The summed E-state index contributed by atoms with van der Waals surface area (Å²) in [6, 6.07) is 6.06. The van der Waals surface area contributed by atoms with Gasteiger partial charge in [-0.25, -0.2) is 4.98 Å². The molecule has 0 radical (unpaired) electrons. The van der Waals surface area contributed by atoms with Gasteiger partial charge >= 0.3 is 0 Å². The lowest BCUT2D eigenvalue weighted by Crippen LogP contribution is -2.39. The third-order valence-electron chi connectivity index (χ3n) is 4.89. The van der Waals surface area contributed by atoms with Gasteiger partial charge in [-0.3, -0.25) is 9.59 Å². The Bertz CT molecular complexity index is 818. The normalized spacial score (nSPS) is 14.8. The molecule has 6 nitrogen and oxygen atoms in total. The van der Waals surface area contributed by atoms with Gasteiger partial charge in [0.15, 0.2) is 5.13 Å². The first-order chi connectivity index (χ1) is 13.6. The van der Waals surface area contributed by atoms with Crippen LogP contribution in [0.15, 0.2) is 18.2 Å². The number of amides is 2. The summed E-state index contributed by atoms with van der Waals surface area (Å²) in [6.45, 7) is 2.55. The van der Waals surface area contributed by atoms with Crippen LogP contribution in [0.2, 0.25) is 0 Å². The van der Waals surface area contributed by atoms with Gasteiger partial charge in [0, 0.05) is 13.1 Å². The number of thioether (sulfide) groups is 1. The number of benzene rings is 1. The first-order valence-corrected chi connectivity index (χ1v) is 11.7. The van der Waals surface area contributed by atoms with Crippen molar-refractivity contribution in [2.45, 2.75) is 45.1 Å². The molecule has 152 valence electrons. The van der Waals surface area contributed by atoms with Crippen LogP contribution in [0.5, 0.6) is 5.75 Å². The van der Waals surface area contributed by atoms with E-state index in [9.17, 15) is 9.59 Å². The van der Waals surface area contributed by atoms with E-state index in [1.165, 1.54) is 42.4 Å². The second-order valence-electron chi connectivity index (χ2n) is 6.92. The van der Waals surface area contributed by atoms with Crippen LogP contribution in [0, 0.1) is 0 Å². The Morgan fingerprint density at radius 3 is 2.82 bits per heavy atom. The number of thiazole rings is 1. The van der Waals surface area contributed by atoms with Gasteiger partial charge in [0.05, 0.1) is 28.3 Å². The van der Waals surface area contributed by atoms with Crippen LogP contribution < -0.4 is 10.1 Å². The van der Waals surface area contributed by atoms with Crippen LogP contribution in [-0.4, -0.2) is 52.9 Å². The number of aromatic nitrogens is 1. The van der Waals surface area contributed by atoms with E-state index in [4.69, 9.17) is 4.74 Å². The summed E-state index contributed by atoms with van der Waals surface area (Å²) >= 11 is 2.77. The van der Waals surface area contributed by atoms with Crippen LogP contribution in [0.25, 0.3) is 10.2 Å². The van der Waals surface area contributed by atoms with Gasteiger partial charge in [-0.15, -0.1) is 11.8 Å². The maximum atomic E-state index is 12.3. The van der Waals surface area contributed by atoms with E-state index >= 15 is 0 Å². The maximum absolute atomic E-state index is 12.3. The molecule has 0 bridgehead atoms. The molecule has 1 aliphatic rings. The smallest absolute Gasteiger partial charge is 0.236 e. The molecule has 0 unspecified atom stereocenters. The van der Waals surface area contributed by atoms with Crippen molar-refractivity contribution in [1.29, 1.82) is 0 Å². The standard InChI is InChI=1S/C20H27N3O3S2/c1-3-26-15-9-10-16-17(11-15)28-20(21-16)22-18(24)12-27-13-19(25)23(2)14-7-5-4-6-8-14/h9-11,14H,3-8,12-13H2,1-2H3,(H,21,22,24). The predicted molar refractivity (Wildman–Crippen MR) is 116 cm³/mol. The van der Waals surface area contributed by atoms with E-state index in [-0.39, 0.29) is 17.6 Å². The van der Waals surface area contributed by atoms with Gasteiger partial charge in [-0.1, -0.05) is 30.6 Å². The molecular formula is C20H27N3O3S2. The van der Waals surface area contributed by atoms with Gasteiger partial charge in [-0.2, -0.15) is 0 Å². The van der Waals surface area contributed by atoms with Gasteiger partial charge in [-0.05, 0) is 38.0 Å². The minimum atomic E-state index is -0.137. The number of fused-ring (bicyclic) bond motifs is 1. The highest BCUT2D eigenvalue weighted by Crippen LogP contribution is 2.29. The summed E-state index contributed by atoms with van der Waals surface area (Å²) in [5, 5.41) is 3.40. The SMILES string of the molecule is CCOc1ccc2nc(NC(=O)CSCC(=O)N(C)C3CCCCC3)sc2c1. The van der Waals surface area contributed by atoms with Crippen molar-refractivity contribution < 1.29 is 14.3 Å². The second-order valence-corrected chi connectivity index (χ2v) is 8.94. The number of hydrogen-bond acceptors (Lipinski definition) is 6. The number of carbonyl (C=O) groups is 2. The number of rotatable bonds is 8. The van der Waals surface area contributed by atoms with E-state index in [0.717, 1.165) is 28.8 Å². The highest BCUT2D eigenvalue weighted by Gasteiger charge is 2.22. The number of hydrogen-bond donors (Lipinski definition) is 1. The Balaban J connectivity index is 1.45. The summed E-state index contributed by atoms with van der Waals surface area (Å²) < 4.78 is 6.47. The van der Waals surface area contributed by atoms with Gasteiger partial charge in [0.1, 0.15) is 5.75 Å². The predicted octanol–water partition coefficient (Wildman–Crippen LogP) is 4.16. The van der Waals surface area contributed by atoms with E-state index in [1.807, 2.05) is 37.1 Å². The zero-order valence-electron chi connectivity index (χ0n) is 16.4. The molecule has 0 aliphatic heterocycles. The molecule has 0 saturated heterocycles. The molecule has 1 fully saturated rings. The number of ether oxygens (including phenoxy) is 1. The highest BCUT2D eigenvalue weighted by molar-refractivity contribution is 8.00. The monoisotopic (exact) mass is 421 g/mol. The van der Waals surface area contributed by atoms with Gasteiger partial charge in [0.25, 0.3) is 0 Å². The van der Waals surface area contributed by atoms with E-state index in [2.05, 4.69) is 10.3 Å². The number of nitrogens with zero attached hydrogens (tertiary/aromatic N) is 2. The largest absolute Gasteiger partial charge is 0.494 e. The Kier molecular flexibility index (Phi) is 7.56. The summed E-state index contributed by atoms with van der Waals surface area (Å²) in [6.07, 6.45) is 5.86. The van der Waals surface area contributed by atoms with Gasteiger partial charge < -0.3 is 15.0 Å². The molecule has 1 heterocycles. The van der Waals surface area contributed by atoms with Crippen molar-refractivity contribution in [3.8, 4) is 5.75 Å². The average Bonchev–Trinajstić information content (AvgIpc) is 3.09. The van der Waals surface area contributed by atoms with E-state index in [0.29, 0.717) is 23.5 Å². The van der Waals surface area contributed by atoms with Crippen molar-refractivity contribution in [2.24, 2.45) is 0 Å². The van der Waals surface area contributed by atoms with Crippen LogP contribution >= 0.6 is 23.1 Å². The Labute approximate surface area is 174 Å². The third kappa shape index (κ3) is 5.61. The molecule has 1 aliphatic carbocycles. The van der Waals surface area contributed by atoms with Crippen molar-refractivity contribution in [2.75, 3.05) is 30.5 Å². The van der Waals surface area contributed by atoms with Crippen LogP contribution in [0.1, 0.15) is 39.0 Å². The fourth-order valence-electron chi connectivity index (χ4n) is 3.38. The number of nitrogens with one attached hydrogen (secondary N) is 1. The lowest BCUT2D eigenvalue weighted by atomic mass is 9.94. The van der Waals surface area contributed by atoms with Crippen molar-refractivity contribution in [3.63, 3.8) is 0 Å². The lowest BCUT2D eigenvalue weighted by Gasteiger charge is -2.31. The Hall–Kier alpha value is -1.80. The Morgan fingerprint density at radius 1 is 1.29 bits per heavy atom. The van der Waals surface area contributed by atoms with Crippen molar-refractivity contribution in [3.05, 3.63) is 18.2 Å². The minimum absolute atomic E-state index is 0.105. The molecule has 3 rings (SSSR count). The van der Waals surface area contributed by atoms with Gasteiger partial charge in [0.2, 0.25) is 11.8 Å². The molecule has 8 heteroatoms. The molecule has 0 atom stereocenters. The quantitative estimate of drug-likeness (QED) is 0.693. The summed E-state index contributed by atoms with van der Waals surface area (Å²) in [5.74, 6) is 1.34. The maximum Gasteiger partial charge on any atom is 0.236 e. The molecule has 1 N–H and O–H groups in total. The van der Waals surface area contributed by atoms with E-state index in [1.54, 1.807) is 0 Å². The molecule has 2 amide bonds. The topological polar surface area (TPSA) is 71.5 Å². The number of anilines is 1. The van der Waals surface area contributed by atoms with Crippen LogP contribution in [0.3, 0.4) is 0 Å². The molecule has 1 saturated carbocycles. The third-order valence-corrected chi connectivity index (χ3v) is 6.74. The zero-order valence-corrected chi connectivity index (χ0v) is 18.0. The highest BCUT2D eigenvalue weighted by atomic mass is 32.2. The second kappa shape index (κ2) is 10.1. The lowest BCUT2D eigenvalue weighted by molar-refractivity contribution is -0.129. The zero-order chi connectivity index (χ0) is 19.9. The summed E-state index contributed by atoms with van der Waals surface area (Å²) in [5.41, 5.74) is 0.834. The molecule has 1 aromatic carbocycles.